The van der Waals surface area contributed by atoms with Crippen molar-refractivity contribution < 1.29 is 13.9 Å². The number of halogens is 2. The third-order valence-corrected chi connectivity index (χ3v) is 2.19. The standard InChI is InChI=1S/C10H10BrFO2/c1-3-14-10(13)9-6(2)4-7(11)5-8(9)12/h4-5H,3H2,1-2H3. The summed E-state index contributed by atoms with van der Waals surface area (Å²) in [5.74, 6) is -1.18. The SMILES string of the molecule is CCOC(=O)c1c(C)cc(Br)cc1F. The lowest BCUT2D eigenvalue weighted by molar-refractivity contribution is 0.0520. The minimum atomic E-state index is -0.616. The summed E-state index contributed by atoms with van der Waals surface area (Å²) in [6, 6.07) is 2.93. The second-order valence-electron chi connectivity index (χ2n) is 2.80. The lowest BCUT2D eigenvalue weighted by atomic mass is 10.1. The van der Waals surface area contributed by atoms with Crippen LogP contribution in [0, 0.1) is 12.7 Å². The lowest BCUT2D eigenvalue weighted by Crippen LogP contribution is -2.09. The summed E-state index contributed by atoms with van der Waals surface area (Å²) in [4.78, 5) is 11.3. The lowest BCUT2D eigenvalue weighted by Gasteiger charge is -2.06. The number of rotatable bonds is 2. The molecular weight excluding hydrogens is 251 g/mol. The Morgan fingerprint density at radius 1 is 1.57 bits per heavy atom. The molecule has 0 N–H and O–H groups in total. The highest BCUT2D eigenvalue weighted by molar-refractivity contribution is 9.10. The monoisotopic (exact) mass is 260 g/mol. The molecule has 4 heteroatoms. The number of esters is 1. The maximum atomic E-state index is 13.4. The zero-order valence-electron chi connectivity index (χ0n) is 7.93. The number of hydrogen-bond acceptors (Lipinski definition) is 2. The molecule has 76 valence electrons. The van der Waals surface area contributed by atoms with E-state index in [1.54, 1.807) is 19.9 Å². The van der Waals surface area contributed by atoms with E-state index in [1.807, 2.05) is 0 Å². The number of benzene rings is 1. The zero-order chi connectivity index (χ0) is 10.7. The van der Waals surface area contributed by atoms with Crippen LogP contribution in [0.4, 0.5) is 4.39 Å². The molecule has 0 aliphatic heterocycles. The van der Waals surface area contributed by atoms with Crippen LogP contribution in [0.2, 0.25) is 0 Å². The average Bonchev–Trinajstić information content (AvgIpc) is 2.01. The summed E-state index contributed by atoms with van der Waals surface area (Å²) < 4.78 is 18.7. The van der Waals surface area contributed by atoms with Crippen molar-refractivity contribution in [2.75, 3.05) is 6.61 Å². The van der Waals surface area contributed by atoms with Crippen molar-refractivity contribution in [3.63, 3.8) is 0 Å². The highest BCUT2D eigenvalue weighted by Gasteiger charge is 2.16. The first-order valence-electron chi connectivity index (χ1n) is 4.19. The molecular formula is C10H10BrFO2. The van der Waals surface area contributed by atoms with Gasteiger partial charge in [0.25, 0.3) is 0 Å². The Hall–Kier alpha value is -0.900. The Morgan fingerprint density at radius 2 is 2.21 bits per heavy atom. The summed E-state index contributed by atoms with van der Waals surface area (Å²) >= 11 is 3.14. The normalized spacial score (nSPS) is 10.0. The third-order valence-electron chi connectivity index (χ3n) is 1.73. The molecule has 1 aromatic carbocycles. The van der Waals surface area contributed by atoms with E-state index in [2.05, 4.69) is 15.9 Å². The molecule has 0 saturated heterocycles. The fraction of sp³-hybridized carbons (Fsp3) is 0.300. The summed E-state index contributed by atoms with van der Waals surface area (Å²) in [6.45, 7) is 3.60. The second-order valence-corrected chi connectivity index (χ2v) is 3.72. The van der Waals surface area contributed by atoms with E-state index >= 15 is 0 Å². The molecule has 0 aromatic heterocycles. The maximum absolute atomic E-state index is 13.4. The second kappa shape index (κ2) is 4.55. The van der Waals surface area contributed by atoms with E-state index < -0.39 is 11.8 Å². The largest absolute Gasteiger partial charge is 0.462 e. The van der Waals surface area contributed by atoms with Gasteiger partial charge in [-0.15, -0.1) is 0 Å². The van der Waals surface area contributed by atoms with E-state index in [1.165, 1.54) is 6.07 Å². The van der Waals surface area contributed by atoms with Gasteiger partial charge >= 0.3 is 5.97 Å². The van der Waals surface area contributed by atoms with E-state index in [0.717, 1.165) is 0 Å². The third kappa shape index (κ3) is 2.32. The first-order chi connectivity index (χ1) is 6.56. The van der Waals surface area contributed by atoms with Gasteiger partial charge in [0.2, 0.25) is 0 Å². The predicted molar refractivity (Wildman–Crippen MR) is 54.8 cm³/mol. The number of carbonyl (C=O) groups is 1. The first-order valence-corrected chi connectivity index (χ1v) is 4.98. The topological polar surface area (TPSA) is 26.3 Å². The van der Waals surface area contributed by atoms with Gasteiger partial charge in [-0.25, -0.2) is 9.18 Å². The Balaban J connectivity index is 3.14. The van der Waals surface area contributed by atoms with Crippen molar-refractivity contribution in [2.45, 2.75) is 13.8 Å². The molecule has 0 aliphatic carbocycles. The van der Waals surface area contributed by atoms with Crippen LogP contribution in [-0.2, 0) is 4.74 Å². The average molecular weight is 261 g/mol. The van der Waals surface area contributed by atoms with E-state index in [4.69, 9.17) is 4.74 Å². The van der Waals surface area contributed by atoms with Crippen molar-refractivity contribution in [3.05, 3.63) is 33.5 Å². The summed E-state index contributed by atoms with van der Waals surface area (Å²) in [5.41, 5.74) is 0.574. The smallest absolute Gasteiger partial charge is 0.341 e. The van der Waals surface area contributed by atoms with Crippen molar-refractivity contribution >= 4 is 21.9 Å². The van der Waals surface area contributed by atoms with Crippen molar-refractivity contribution in [1.29, 1.82) is 0 Å². The molecule has 0 bridgehead atoms. The van der Waals surface area contributed by atoms with Gasteiger partial charge in [0.1, 0.15) is 5.82 Å². The predicted octanol–water partition coefficient (Wildman–Crippen LogP) is 3.07. The van der Waals surface area contributed by atoms with Gasteiger partial charge in [-0.2, -0.15) is 0 Å². The number of carbonyl (C=O) groups excluding carboxylic acids is 1. The fourth-order valence-electron chi connectivity index (χ4n) is 1.16. The zero-order valence-corrected chi connectivity index (χ0v) is 9.52. The molecule has 0 fully saturated rings. The highest BCUT2D eigenvalue weighted by atomic mass is 79.9. The fourth-order valence-corrected chi connectivity index (χ4v) is 1.71. The molecule has 0 radical (unpaired) electrons. The quantitative estimate of drug-likeness (QED) is 0.765. The van der Waals surface area contributed by atoms with Crippen molar-refractivity contribution in [2.24, 2.45) is 0 Å². The molecule has 1 aromatic rings. The number of aryl methyl sites for hydroxylation is 1. The Morgan fingerprint density at radius 3 is 2.71 bits per heavy atom. The van der Waals surface area contributed by atoms with Gasteiger partial charge in [-0.1, -0.05) is 15.9 Å². The molecule has 0 spiro atoms. The van der Waals surface area contributed by atoms with Gasteiger partial charge < -0.3 is 4.74 Å². The van der Waals surface area contributed by atoms with Crippen molar-refractivity contribution in [1.82, 2.24) is 0 Å². The first kappa shape index (κ1) is 11.2. The molecule has 14 heavy (non-hydrogen) atoms. The van der Waals surface area contributed by atoms with Crippen LogP contribution in [0.3, 0.4) is 0 Å². The van der Waals surface area contributed by atoms with Crippen LogP contribution < -0.4 is 0 Å². The molecule has 0 aliphatic rings. The van der Waals surface area contributed by atoms with Crippen LogP contribution in [0.1, 0.15) is 22.8 Å². The van der Waals surface area contributed by atoms with Gasteiger partial charge in [0.05, 0.1) is 12.2 Å². The van der Waals surface area contributed by atoms with E-state index in [9.17, 15) is 9.18 Å². The Kier molecular flexibility index (Phi) is 3.63. The summed E-state index contributed by atoms with van der Waals surface area (Å²) in [5, 5.41) is 0. The molecule has 2 nitrogen and oxygen atoms in total. The minimum absolute atomic E-state index is 0.00931. The van der Waals surface area contributed by atoms with Gasteiger partial charge in [-0.05, 0) is 31.5 Å². The van der Waals surface area contributed by atoms with Gasteiger partial charge in [0.15, 0.2) is 0 Å². The molecule has 0 amide bonds. The van der Waals surface area contributed by atoms with Crippen LogP contribution in [0.5, 0.6) is 0 Å². The van der Waals surface area contributed by atoms with Gasteiger partial charge in [-0.3, -0.25) is 0 Å². The molecule has 0 atom stereocenters. The summed E-state index contributed by atoms with van der Waals surface area (Å²) in [6.07, 6.45) is 0. The number of hydrogen-bond donors (Lipinski definition) is 0. The number of ether oxygens (including phenoxy) is 1. The molecule has 0 heterocycles. The van der Waals surface area contributed by atoms with Gasteiger partial charge in [0, 0.05) is 4.47 Å². The van der Waals surface area contributed by atoms with Crippen LogP contribution >= 0.6 is 15.9 Å². The van der Waals surface area contributed by atoms with E-state index in [0.29, 0.717) is 10.0 Å². The van der Waals surface area contributed by atoms with E-state index in [-0.39, 0.29) is 12.2 Å². The Bertz CT molecular complexity index is 340. The Labute approximate surface area is 90.2 Å². The maximum Gasteiger partial charge on any atom is 0.341 e. The minimum Gasteiger partial charge on any atom is -0.462 e. The molecule has 0 unspecified atom stereocenters. The van der Waals surface area contributed by atoms with Crippen LogP contribution in [-0.4, -0.2) is 12.6 Å². The van der Waals surface area contributed by atoms with Crippen LogP contribution in [0.15, 0.2) is 16.6 Å². The van der Waals surface area contributed by atoms with Crippen LogP contribution in [0.25, 0.3) is 0 Å². The molecule has 0 saturated carbocycles. The van der Waals surface area contributed by atoms with Crippen molar-refractivity contribution in [3.8, 4) is 0 Å². The summed E-state index contributed by atoms with van der Waals surface area (Å²) in [7, 11) is 0. The highest BCUT2D eigenvalue weighted by Crippen LogP contribution is 2.20. The molecule has 1 rings (SSSR count).